The van der Waals surface area contributed by atoms with Crippen molar-refractivity contribution in [2.45, 2.75) is 21.9 Å². The van der Waals surface area contributed by atoms with Crippen LogP contribution in [0.15, 0.2) is 40.3 Å². The highest BCUT2D eigenvalue weighted by atomic mass is 32.2. The Bertz CT molecular complexity index is 880. The van der Waals surface area contributed by atoms with Crippen molar-refractivity contribution in [3.63, 3.8) is 0 Å². The summed E-state index contributed by atoms with van der Waals surface area (Å²) in [6, 6.07) is 7.37. The number of pyridine rings is 1. The second-order valence-corrected chi connectivity index (χ2v) is 6.96. The summed E-state index contributed by atoms with van der Waals surface area (Å²) in [5.41, 5.74) is -1.94. The van der Waals surface area contributed by atoms with Crippen LogP contribution in [0, 0.1) is 11.3 Å². The zero-order chi connectivity index (χ0) is 20.2. The molecule has 142 valence electrons. The second-order valence-electron chi connectivity index (χ2n) is 4.93. The van der Waals surface area contributed by atoms with E-state index in [0.29, 0.717) is 17.8 Å². The van der Waals surface area contributed by atoms with Crippen molar-refractivity contribution in [1.82, 2.24) is 4.98 Å². The Balaban J connectivity index is 2.54. The van der Waals surface area contributed by atoms with E-state index in [2.05, 4.69) is 4.98 Å². The number of nitrogens with zero attached hydrogens (tertiary/aromatic N) is 2. The largest absolute Gasteiger partial charge is 0.481 e. The smallest absolute Gasteiger partial charge is 0.417 e. The number of carboxylic acids is 1. The first-order valence-corrected chi connectivity index (χ1v) is 8.90. The van der Waals surface area contributed by atoms with Gasteiger partial charge in [-0.25, -0.2) is 4.98 Å². The van der Waals surface area contributed by atoms with Gasteiger partial charge in [-0.1, -0.05) is 35.7 Å². The third kappa shape index (κ3) is 5.58. The van der Waals surface area contributed by atoms with E-state index in [1.165, 1.54) is 30.3 Å². The molecule has 2 aromatic rings. The van der Waals surface area contributed by atoms with E-state index in [1.807, 2.05) is 0 Å². The monoisotopic (exact) mass is 420 g/mol. The summed E-state index contributed by atoms with van der Waals surface area (Å²) in [5.74, 6) is -4.50. The van der Waals surface area contributed by atoms with Gasteiger partial charge in [-0.3, -0.25) is 4.79 Å². The Morgan fingerprint density at radius 3 is 2.37 bits per heavy atom. The maximum Gasteiger partial charge on any atom is 0.417 e. The topological polar surface area (TPSA) is 74.0 Å². The summed E-state index contributed by atoms with van der Waals surface area (Å²) in [6.07, 6.45) is -4.85. The van der Waals surface area contributed by atoms with Crippen molar-refractivity contribution in [2.24, 2.45) is 0 Å². The lowest BCUT2D eigenvalue weighted by Gasteiger charge is -2.14. The van der Waals surface area contributed by atoms with Gasteiger partial charge in [-0.2, -0.15) is 27.2 Å². The molecule has 0 aliphatic heterocycles. The predicted molar refractivity (Wildman–Crippen MR) is 89.6 cm³/mol. The van der Waals surface area contributed by atoms with E-state index in [0.717, 1.165) is 0 Å². The minimum atomic E-state index is -4.85. The number of carbonyl (C=O) groups is 1. The number of carboxylic acid groups (broad SMARTS) is 1. The first kappa shape index (κ1) is 21.0. The molecule has 0 radical (unpaired) electrons. The van der Waals surface area contributed by atoms with Crippen LogP contribution < -0.4 is 0 Å². The molecule has 2 rings (SSSR count). The molecule has 0 aliphatic rings. The van der Waals surface area contributed by atoms with Crippen molar-refractivity contribution in [1.29, 1.82) is 5.26 Å². The molecule has 0 fully saturated rings. The van der Waals surface area contributed by atoms with E-state index in [4.69, 9.17) is 10.4 Å². The van der Waals surface area contributed by atoms with Gasteiger partial charge >= 0.3 is 12.1 Å². The van der Waals surface area contributed by atoms with Crippen LogP contribution in [0.5, 0.6) is 0 Å². The fraction of sp³-hybridized carbons (Fsp3) is 0.188. The van der Waals surface area contributed by atoms with Crippen molar-refractivity contribution in [2.75, 3.05) is 5.75 Å². The number of aliphatic carboxylic acids is 1. The van der Waals surface area contributed by atoms with Crippen molar-refractivity contribution < 1.29 is 31.9 Å². The summed E-state index contributed by atoms with van der Waals surface area (Å²) >= 11 is 0.778. The van der Waals surface area contributed by atoms with E-state index < -0.39 is 34.8 Å². The maximum absolute atomic E-state index is 13.3. The fourth-order valence-electron chi connectivity index (χ4n) is 2.04. The molecular weight excluding hydrogens is 411 g/mol. The summed E-state index contributed by atoms with van der Waals surface area (Å²) < 4.78 is 64.7. The summed E-state index contributed by atoms with van der Waals surface area (Å²) in [6.45, 7) is 0. The van der Waals surface area contributed by atoms with Gasteiger partial charge < -0.3 is 5.11 Å². The van der Waals surface area contributed by atoms with Gasteiger partial charge in [0.15, 0.2) is 0 Å². The number of benzene rings is 1. The molecule has 0 spiro atoms. The number of rotatable bonds is 6. The maximum atomic E-state index is 13.3. The van der Waals surface area contributed by atoms with Gasteiger partial charge in [-0.15, -0.1) is 0 Å². The van der Waals surface area contributed by atoms with Crippen LogP contribution >= 0.6 is 23.5 Å². The Labute approximate surface area is 158 Å². The molecule has 11 heteroatoms. The molecule has 0 atom stereocenters. The average Bonchev–Trinajstić information content (AvgIpc) is 2.58. The zero-order valence-corrected chi connectivity index (χ0v) is 14.8. The number of halogens is 5. The molecule has 1 heterocycles. The molecule has 27 heavy (non-hydrogen) atoms. The molecule has 0 aliphatic carbocycles. The van der Waals surface area contributed by atoms with Crippen LogP contribution in [-0.4, -0.2) is 27.6 Å². The summed E-state index contributed by atoms with van der Waals surface area (Å²) in [4.78, 5) is 14.9. The Morgan fingerprint density at radius 2 is 1.89 bits per heavy atom. The summed E-state index contributed by atoms with van der Waals surface area (Å²) in [7, 11) is 0. The van der Waals surface area contributed by atoms with Crippen LogP contribution in [0.4, 0.5) is 22.0 Å². The average molecular weight is 420 g/mol. The molecule has 0 saturated carbocycles. The van der Waals surface area contributed by atoms with Crippen molar-refractivity contribution in [3.05, 3.63) is 41.5 Å². The highest BCUT2D eigenvalue weighted by Gasteiger charge is 2.36. The standard InChI is InChI=1S/C16H9F5N2O2S2/c17-15(18)27-9-3-1-8(2-4-9)12-5-11(16(19,20)21)10(6-22)14(23-12)26-7-13(24)25/h1-5,15H,7H2,(H,24,25). The zero-order valence-electron chi connectivity index (χ0n) is 13.1. The SMILES string of the molecule is N#Cc1c(C(F)(F)F)cc(-c2ccc(SC(F)F)cc2)nc1SCC(=O)O. The molecule has 1 aromatic heterocycles. The fourth-order valence-corrected chi connectivity index (χ4v) is 3.26. The molecule has 0 saturated heterocycles. The third-order valence-corrected chi connectivity index (χ3v) is 4.79. The molecule has 0 unspecified atom stereocenters. The Hall–Kier alpha value is -2.32. The minimum Gasteiger partial charge on any atom is -0.481 e. The van der Waals surface area contributed by atoms with E-state index >= 15 is 0 Å². The first-order valence-electron chi connectivity index (χ1n) is 7.04. The van der Waals surface area contributed by atoms with Gasteiger partial charge in [-0.05, 0) is 18.2 Å². The van der Waals surface area contributed by atoms with E-state index in [9.17, 15) is 26.7 Å². The number of alkyl halides is 5. The third-order valence-electron chi connectivity index (χ3n) is 3.11. The van der Waals surface area contributed by atoms with Gasteiger partial charge in [0.05, 0.1) is 22.6 Å². The normalized spacial score (nSPS) is 11.4. The van der Waals surface area contributed by atoms with E-state index in [-0.39, 0.29) is 32.9 Å². The van der Waals surface area contributed by atoms with Crippen LogP contribution in [0.25, 0.3) is 11.3 Å². The highest BCUT2D eigenvalue weighted by molar-refractivity contribution is 8.00. The number of hydrogen-bond acceptors (Lipinski definition) is 5. The van der Waals surface area contributed by atoms with Crippen LogP contribution in [-0.2, 0) is 11.0 Å². The van der Waals surface area contributed by atoms with Gasteiger partial charge in [0.25, 0.3) is 5.76 Å². The lowest BCUT2D eigenvalue weighted by atomic mass is 10.1. The molecule has 1 N–H and O–H groups in total. The first-order chi connectivity index (χ1) is 12.6. The van der Waals surface area contributed by atoms with E-state index in [1.54, 1.807) is 0 Å². The molecule has 1 aromatic carbocycles. The number of hydrogen-bond donors (Lipinski definition) is 1. The van der Waals surface area contributed by atoms with Gasteiger partial charge in [0, 0.05) is 10.5 Å². The lowest BCUT2D eigenvalue weighted by molar-refractivity contribution is -0.138. The molecule has 0 amide bonds. The number of thioether (sulfide) groups is 2. The van der Waals surface area contributed by atoms with Crippen molar-refractivity contribution >= 4 is 29.5 Å². The quantitative estimate of drug-likeness (QED) is 0.516. The Kier molecular flexibility index (Phi) is 6.67. The predicted octanol–water partition coefficient (Wildman–Crippen LogP) is 5.13. The van der Waals surface area contributed by atoms with Gasteiger partial charge in [0.2, 0.25) is 0 Å². The lowest BCUT2D eigenvalue weighted by Crippen LogP contribution is -2.11. The minimum absolute atomic E-state index is 0.150. The van der Waals surface area contributed by atoms with Crippen LogP contribution in [0.3, 0.4) is 0 Å². The second kappa shape index (κ2) is 8.58. The number of aromatic nitrogens is 1. The highest BCUT2D eigenvalue weighted by Crippen LogP contribution is 2.38. The molecular formula is C16H9F5N2O2S2. The summed E-state index contributed by atoms with van der Waals surface area (Å²) in [5, 5.41) is 17.5. The Morgan fingerprint density at radius 1 is 1.26 bits per heavy atom. The van der Waals surface area contributed by atoms with Gasteiger partial charge in [0.1, 0.15) is 11.1 Å². The van der Waals surface area contributed by atoms with Crippen LogP contribution in [0.2, 0.25) is 0 Å². The molecule has 0 bridgehead atoms. The van der Waals surface area contributed by atoms with Crippen molar-refractivity contribution in [3.8, 4) is 17.3 Å². The molecule has 4 nitrogen and oxygen atoms in total. The number of nitriles is 1. The van der Waals surface area contributed by atoms with Crippen LogP contribution in [0.1, 0.15) is 11.1 Å².